The molecule has 1 aromatic rings. The maximum absolute atomic E-state index is 8.43. The Hall–Kier alpha value is -0.590. The summed E-state index contributed by atoms with van der Waals surface area (Å²) in [6, 6.07) is 5.17. The molecule has 0 aliphatic rings. The molecule has 0 saturated carbocycles. The third-order valence-corrected chi connectivity index (χ3v) is 1.66. The van der Waals surface area contributed by atoms with E-state index in [9.17, 15) is 0 Å². The Kier molecular flexibility index (Phi) is 2.25. The molecule has 0 spiro atoms. The molecule has 0 unspecified atom stereocenters. The highest BCUT2D eigenvalue weighted by molar-refractivity contribution is 9.10. The molecule has 0 aromatic carbocycles. The van der Waals surface area contributed by atoms with E-state index in [1.54, 1.807) is 12.1 Å². The first kappa shape index (κ1) is 7.52. The average Bonchev–Trinajstić information content (AvgIpc) is 1.94. The van der Waals surface area contributed by atoms with Crippen LogP contribution in [0.25, 0.3) is 0 Å². The molecule has 0 amide bonds. The third kappa shape index (κ3) is 1.47. The lowest BCUT2D eigenvalue weighted by molar-refractivity contribution is 1.22. The molecule has 1 rings (SSSR count). The van der Waals surface area contributed by atoms with E-state index in [-0.39, 0.29) is 5.69 Å². The van der Waals surface area contributed by atoms with E-state index in [0.717, 1.165) is 0 Å². The molecule has 0 fully saturated rings. The zero-order valence-corrected chi connectivity index (χ0v) is 7.15. The fourth-order valence-electron chi connectivity index (χ4n) is 0.497. The van der Waals surface area contributed by atoms with Crippen molar-refractivity contribution >= 4 is 27.5 Å². The van der Waals surface area contributed by atoms with Crippen molar-refractivity contribution in [3.05, 3.63) is 27.5 Å². The van der Waals surface area contributed by atoms with E-state index in [0.29, 0.717) is 9.63 Å². The summed E-state index contributed by atoms with van der Waals surface area (Å²) >= 11 is 8.71. The van der Waals surface area contributed by atoms with E-state index in [4.69, 9.17) is 16.9 Å². The minimum atomic E-state index is 0.246. The van der Waals surface area contributed by atoms with Gasteiger partial charge in [0.25, 0.3) is 0 Å². The molecule has 0 N–H and O–H groups in total. The monoisotopic (exact) mass is 216 g/mol. The minimum Gasteiger partial charge on any atom is -0.229 e. The molecule has 50 valence electrons. The molecule has 4 heteroatoms. The molecular weight excluding hydrogens is 215 g/mol. The van der Waals surface area contributed by atoms with Crippen LogP contribution in [0.4, 0.5) is 0 Å². The maximum Gasteiger partial charge on any atom is 0.160 e. The number of pyridine rings is 1. The van der Waals surface area contributed by atoms with Gasteiger partial charge in [-0.1, -0.05) is 11.6 Å². The van der Waals surface area contributed by atoms with Gasteiger partial charge in [-0.05, 0) is 28.1 Å². The minimum absolute atomic E-state index is 0.246. The van der Waals surface area contributed by atoms with Gasteiger partial charge in [-0.3, -0.25) is 0 Å². The van der Waals surface area contributed by atoms with Crippen molar-refractivity contribution in [3.63, 3.8) is 0 Å². The Labute approximate surface area is 71.6 Å². The molecule has 2 nitrogen and oxygen atoms in total. The topological polar surface area (TPSA) is 36.7 Å². The normalized spacial score (nSPS) is 8.90. The Morgan fingerprint density at radius 2 is 2.30 bits per heavy atom. The van der Waals surface area contributed by atoms with Gasteiger partial charge in [0.2, 0.25) is 0 Å². The van der Waals surface area contributed by atoms with Crippen LogP contribution in [0.3, 0.4) is 0 Å². The Balaban J connectivity index is 3.25. The fourth-order valence-corrected chi connectivity index (χ4v) is 0.954. The van der Waals surface area contributed by atoms with Crippen molar-refractivity contribution in [2.75, 3.05) is 0 Å². The summed E-state index contributed by atoms with van der Waals surface area (Å²) in [5.74, 6) is 0. The molecule has 1 aromatic heterocycles. The van der Waals surface area contributed by atoms with Crippen LogP contribution < -0.4 is 0 Å². The van der Waals surface area contributed by atoms with Gasteiger partial charge in [-0.25, -0.2) is 4.98 Å². The average molecular weight is 217 g/mol. The van der Waals surface area contributed by atoms with Crippen molar-refractivity contribution < 1.29 is 0 Å². The van der Waals surface area contributed by atoms with Gasteiger partial charge in [-0.15, -0.1) is 0 Å². The Morgan fingerprint density at radius 3 is 2.80 bits per heavy atom. The maximum atomic E-state index is 8.43. The second-order valence-corrected chi connectivity index (χ2v) is 2.80. The van der Waals surface area contributed by atoms with E-state index < -0.39 is 0 Å². The van der Waals surface area contributed by atoms with Crippen LogP contribution in [0.2, 0.25) is 5.02 Å². The summed E-state index contributed by atoms with van der Waals surface area (Å²) in [7, 11) is 0. The van der Waals surface area contributed by atoms with Crippen molar-refractivity contribution in [1.82, 2.24) is 4.98 Å². The van der Waals surface area contributed by atoms with Crippen LogP contribution >= 0.6 is 27.5 Å². The van der Waals surface area contributed by atoms with Crippen LogP contribution in [0.5, 0.6) is 0 Å². The van der Waals surface area contributed by atoms with E-state index in [1.165, 1.54) is 0 Å². The molecule has 10 heavy (non-hydrogen) atoms. The number of aromatic nitrogens is 1. The van der Waals surface area contributed by atoms with E-state index >= 15 is 0 Å². The van der Waals surface area contributed by atoms with Gasteiger partial charge in [0, 0.05) is 0 Å². The lowest BCUT2D eigenvalue weighted by atomic mass is 10.4. The summed E-state index contributed by atoms with van der Waals surface area (Å²) in [6.07, 6.45) is 0. The highest BCUT2D eigenvalue weighted by Crippen LogP contribution is 2.15. The highest BCUT2D eigenvalue weighted by Gasteiger charge is 1.99. The standard InChI is InChI=1S/C6H2BrClN2/c7-6-2-1-4(8)5(3-9)10-6/h1-2H. The summed E-state index contributed by atoms with van der Waals surface area (Å²) in [6.45, 7) is 0. The zero-order valence-electron chi connectivity index (χ0n) is 4.81. The lowest BCUT2D eigenvalue weighted by Crippen LogP contribution is -1.83. The molecule has 0 aliphatic carbocycles. The molecule has 0 aliphatic heterocycles. The van der Waals surface area contributed by atoms with E-state index in [1.807, 2.05) is 6.07 Å². The second-order valence-electron chi connectivity index (χ2n) is 1.58. The number of hydrogen-bond donors (Lipinski definition) is 0. The number of hydrogen-bond acceptors (Lipinski definition) is 2. The van der Waals surface area contributed by atoms with E-state index in [2.05, 4.69) is 20.9 Å². The van der Waals surface area contributed by atoms with Gasteiger partial charge >= 0.3 is 0 Å². The molecule has 0 atom stereocenters. The smallest absolute Gasteiger partial charge is 0.160 e. The largest absolute Gasteiger partial charge is 0.229 e. The predicted molar refractivity (Wildman–Crippen MR) is 41.7 cm³/mol. The number of nitriles is 1. The Bertz CT molecular complexity index is 292. The fraction of sp³-hybridized carbons (Fsp3) is 0. The van der Waals surface area contributed by atoms with Crippen LogP contribution in [-0.2, 0) is 0 Å². The quantitative estimate of drug-likeness (QED) is 0.626. The molecule has 1 heterocycles. The van der Waals surface area contributed by atoms with Crippen molar-refractivity contribution in [2.45, 2.75) is 0 Å². The third-order valence-electron chi connectivity index (χ3n) is 0.918. The predicted octanol–water partition coefficient (Wildman–Crippen LogP) is 2.37. The van der Waals surface area contributed by atoms with Crippen molar-refractivity contribution in [1.29, 1.82) is 5.26 Å². The van der Waals surface area contributed by atoms with Crippen LogP contribution in [0.1, 0.15) is 5.69 Å². The van der Waals surface area contributed by atoms with Crippen molar-refractivity contribution in [3.8, 4) is 6.07 Å². The summed E-state index contributed by atoms with van der Waals surface area (Å²) < 4.78 is 0.619. The molecule has 0 radical (unpaired) electrons. The first-order valence-corrected chi connectivity index (χ1v) is 3.63. The van der Waals surface area contributed by atoms with Crippen LogP contribution in [-0.4, -0.2) is 4.98 Å². The number of rotatable bonds is 0. The second kappa shape index (κ2) is 3.00. The molecular formula is C6H2BrClN2. The Morgan fingerprint density at radius 1 is 1.60 bits per heavy atom. The summed E-state index contributed by atoms with van der Waals surface area (Å²) in [5, 5.41) is 8.81. The molecule has 0 bridgehead atoms. The van der Waals surface area contributed by atoms with Crippen LogP contribution in [0, 0.1) is 11.3 Å². The van der Waals surface area contributed by atoms with Gasteiger partial charge in [-0.2, -0.15) is 5.26 Å². The van der Waals surface area contributed by atoms with Gasteiger partial charge < -0.3 is 0 Å². The van der Waals surface area contributed by atoms with Gasteiger partial charge in [0.05, 0.1) is 5.02 Å². The summed E-state index contributed by atoms with van der Waals surface area (Å²) in [5.41, 5.74) is 0.246. The SMILES string of the molecule is N#Cc1nc(Br)ccc1Cl. The lowest BCUT2D eigenvalue weighted by Gasteiger charge is -1.91. The van der Waals surface area contributed by atoms with Crippen molar-refractivity contribution in [2.24, 2.45) is 0 Å². The first-order valence-electron chi connectivity index (χ1n) is 2.46. The number of nitrogens with zero attached hydrogens (tertiary/aromatic N) is 2. The summed E-state index contributed by atoms with van der Waals surface area (Å²) in [4.78, 5) is 3.81. The molecule has 0 saturated heterocycles. The first-order chi connectivity index (χ1) is 4.74. The zero-order chi connectivity index (χ0) is 7.56. The number of halogens is 2. The van der Waals surface area contributed by atoms with Gasteiger partial charge in [0.1, 0.15) is 10.7 Å². The highest BCUT2D eigenvalue weighted by atomic mass is 79.9. The van der Waals surface area contributed by atoms with Crippen LogP contribution in [0.15, 0.2) is 16.7 Å². The van der Waals surface area contributed by atoms with Gasteiger partial charge in [0.15, 0.2) is 5.69 Å².